The van der Waals surface area contributed by atoms with Crippen molar-refractivity contribution in [1.29, 1.82) is 0 Å². The van der Waals surface area contributed by atoms with Gasteiger partial charge in [0.25, 0.3) is 0 Å². The van der Waals surface area contributed by atoms with Gasteiger partial charge in [-0.3, -0.25) is 4.90 Å². The zero-order chi connectivity index (χ0) is 16.3. The molecule has 2 heterocycles. The molecule has 1 saturated heterocycles. The topological polar surface area (TPSA) is 50.1 Å². The van der Waals surface area contributed by atoms with Gasteiger partial charge < -0.3 is 4.90 Å². The molecule has 1 aromatic heterocycles. The van der Waals surface area contributed by atoms with Crippen molar-refractivity contribution in [3.63, 3.8) is 0 Å². The minimum atomic E-state index is -0.0873. The van der Waals surface area contributed by atoms with Crippen LogP contribution in [0.4, 0.5) is 0 Å². The van der Waals surface area contributed by atoms with E-state index in [9.17, 15) is 0 Å². The van der Waals surface area contributed by atoms with Crippen molar-refractivity contribution in [2.45, 2.75) is 59.5 Å². The van der Waals surface area contributed by atoms with Crippen LogP contribution in [-0.2, 0) is 5.54 Å². The summed E-state index contributed by atoms with van der Waals surface area (Å²) in [5.41, 5.74) is -0.0873. The highest BCUT2D eigenvalue weighted by molar-refractivity contribution is 4.99. The smallest absolute Gasteiger partial charge is 0.169 e. The Morgan fingerprint density at radius 1 is 1.09 bits per heavy atom. The third kappa shape index (κ3) is 3.84. The van der Waals surface area contributed by atoms with Gasteiger partial charge in [-0.25, -0.2) is 4.68 Å². The molecule has 22 heavy (non-hydrogen) atoms. The second-order valence-corrected chi connectivity index (χ2v) is 7.69. The van der Waals surface area contributed by atoms with Gasteiger partial charge in [0.05, 0.1) is 11.6 Å². The molecule has 1 atom stereocenters. The lowest BCUT2D eigenvalue weighted by atomic mass is 9.99. The van der Waals surface area contributed by atoms with Crippen molar-refractivity contribution in [3.05, 3.63) is 5.82 Å². The van der Waals surface area contributed by atoms with Gasteiger partial charge in [0.1, 0.15) is 0 Å². The Hall–Kier alpha value is -1.01. The van der Waals surface area contributed by atoms with Crippen LogP contribution in [0.1, 0.15) is 59.8 Å². The number of nitrogens with zero attached hydrogens (tertiary/aromatic N) is 6. The van der Waals surface area contributed by atoms with Crippen molar-refractivity contribution in [3.8, 4) is 0 Å². The average Bonchev–Trinajstić information content (AvgIpc) is 2.90. The van der Waals surface area contributed by atoms with Crippen molar-refractivity contribution in [2.75, 3.05) is 32.7 Å². The monoisotopic (exact) mass is 308 g/mol. The predicted octanol–water partition coefficient (Wildman–Crippen LogP) is 2.15. The summed E-state index contributed by atoms with van der Waals surface area (Å²) >= 11 is 0. The summed E-state index contributed by atoms with van der Waals surface area (Å²) in [6.45, 7) is 19.0. The van der Waals surface area contributed by atoms with E-state index in [0.29, 0.717) is 5.92 Å². The lowest BCUT2D eigenvalue weighted by molar-refractivity contribution is 0.0671. The molecule has 0 bridgehead atoms. The van der Waals surface area contributed by atoms with Crippen LogP contribution < -0.4 is 0 Å². The first kappa shape index (κ1) is 17.3. The second-order valence-electron chi connectivity index (χ2n) is 7.69. The molecule has 0 aromatic carbocycles. The van der Waals surface area contributed by atoms with Crippen molar-refractivity contribution in [2.24, 2.45) is 5.92 Å². The quantitative estimate of drug-likeness (QED) is 0.834. The van der Waals surface area contributed by atoms with E-state index in [1.54, 1.807) is 0 Å². The maximum absolute atomic E-state index is 4.38. The van der Waals surface area contributed by atoms with Crippen molar-refractivity contribution >= 4 is 0 Å². The highest BCUT2D eigenvalue weighted by Crippen LogP contribution is 2.30. The van der Waals surface area contributed by atoms with Gasteiger partial charge in [-0.1, -0.05) is 20.8 Å². The van der Waals surface area contributed by atoms with Crippen LogP contribution in [-0.4, -0.2) is 62.7 Å². The number of hydrogen-bond donors (Lipinski definition) is 0. The van der Waals surface area contributed by atoms with Crippen LogP contribution in [0.3, 0.4) is 0 Å². The fourth-order valence-electron chi connectivity index (χ4n) is 3.32. The van der Waals surface area contributed by atoms with Gasteiger partial charge in [-0.2, -0.15) is 0 Å². The molecule has 1 aliphatic heterocycles. The lowest BCUT2D eigenvalue weighted by Gasteiger charge is -2.40. The molecule has 126 valence electrons. The van der Waals surface area contributed by atoms with Gasteiger partial charge in [-0.15, -0.1) is 5.10 Å². The SMILES string of the molecule is CCCN1CCN([C@@H](c2nnnn2C(C)(C)C)C(C)C)CC1. The third-order valence-electron chi connectivity index (χ3n) is 4.37. The number of piperazine rings is 1. The first-order valence-electron chi connectivity index (χ1n) is 8.59. The Morgan fingerprint density at radius 2 is 1.73 bits per heavy atom. The van der Waals surface area contributed by atoms with Gasteiger partial charge in [0.15, 0.2) is 5.82 Å². The van der Waals surface area contributed by atoms with E-state index < -0.39 is 0 Å². The number of aromatic nitrogens is 4. The molecule has 0 amide bonds. The first-order chi connectivity index (χ1) is 10.3. The van der Waals surface area contributed by atoms with E-state index in [2.05, 4.69) is 66.9 Å². The minimum Gasteiger partial charge on any atom is -0.301 e. The Balaban J connectivity index is 2.17. The average molecular weight is 308 g/mol. The largest absolute Gasteiger partial charge is 0.301 e. The molecule has 0 spiro atoms. The highest BCUT2D eigenvalue weighted by atomic mass is 15.6. The molecule has 0 N–H and O–H groups in total. The van der Waals surface area contributed by atoms with Crippen molar-refractivity contribution < 1.29 is 0 Å². The van der Waals surface area contributed by atoms with E-state index in [4.69, 9.17) is 0 Å². The summed E-state index contributed by atoms with van der Waals surface area (Å²) in [6.07, 6.45) is 1.23. The third-order valence-corrected chi connectivity index (χ3v) is 4.37. The number of rotatable bonds is 5. The van der Waals surface area contributed by atoms with Gasteiger partial charge >= 0.3 is 0 Å². The van der Waals surface area contributed by atoms with E-state index in [1.807, 2.05) is 4.68 Å². The summed E-state index contributed by atoms with van der Waals surface area (Å²) in [4.78, 5) is 5.12. The van der Waals surface area contributed by atoms with Crippen LogP contribution in [0.2, 0.25) is 0 Å². The van der Waals surface area contributed by atoms with Gasteiger partial charge in [0.2, 0.25) is 0 Å². The zero-order valence-electron chi connectivity index (χ0n) is 15.1. The molecule has 6 nitrogen and oxygen atoms in total. The molecular weight excluding hydrogens is 276 g/mol. The molecule has 0 saturated carbocycles. The molecule has 6 heteroatoms. The fourth-order valence-corrected chi connectivity index (χ4v) is 3.32. The maximum Gasteiger partial charge on any atom is 0.169 e. The second kappa shape index (κ2) is 7.04. The summed E-state index contributed by atoms with van der Waals surface area (Å²) in [7, 11) is 0. The van der Waals surface area contributed by atoms with Crippen LogP contribution in [0.5, 0.6) is 0 Å². The van der Waals surface area contributed by atoms with Crippen LogP contribution in [0.25, 0.3) is 0 Å². The molecule has 1 fully saturated rings. The zero-order valence-corrected chi connectivity index (χ0v) is 15.1. The Morgan fingerprint density at radius 3 is 2.23 bits per heavy atom. The van der Waals surface area contributed by atoms with E-state index >= 15 is 0 Å². The fraction of sp³-hybridized carbons (Fsp3) is 0.938. The molecule has 0 unspecified atom stereocenters. The number of tetrazole rings is 1. The molecule has 1 aromatic rings. The van der Waals surface area contributed by atoms with E-state index in [1.165, 1.54) is 13.0 Å². The van der Waals surface area contributed by atoms with Gasteiger partial charge in [-0.05, 0) is 50.1 Å². The molecular formula is C16H32N6. The van der Waals surface area contributed by atoms with Crippen LogP contribution >= 0.6 is 0 Å². The van der Waals surface area contributed by atoms with E-state index in [-0.39, 0.29) is 11.6 Å². The summed E-state index contributed by atoms with van der Waals surface area (Å²) in [6, 6.07) is 0.290. The molecule has 0 radical (unpaired) electrons. The Bertz CT molecular complexity index is 453. The maximum atomic E-state index is 4.38. The van der Waals surface area contributed by atoms with E-state index in [0.717, 1.165) is 32.0 Å². The minimum absolute atomic E-state index is 0.0873. The Labute approximate surface area is 134 Å². The van der Waals surface area contributed by atoms with Gasteiger partial charge in [0, 0.05) is 26.2 Å². The molecule has 0 aliphatic carbocycles. The Kier molecular flexibility index (Phi) is 5.55. The summed E-state index contributed by atoms with van der Waals surface area (Å²) in [5, 5.41) is 12.6. The van der Waals surface area contributed by atoms with Crippen LogP contribution in [0, 0.1) is 5.92 Å². The number of hydrogen-bond acceptors (Lipinski definition) is 5. The normalized spacial score (nSPS) is 19.8. The highest BCUT2D eigenvalue weighted by Gasteiger charge is 2.33. The standard InChI is InChI=1S/C16H32N6/c1-7-8-20-9-11-21(12-10-20)14(13(2)3)15-17-18-19-22(15)16(4,5)6/h13-14H,7-12H2,1-6H3/t14-/m1/s1. The molecule has 1 aliphatic rings. The summed E-state index contributed by atoms with van der Waals surface area (Å²) < 4.78 is 2.00. The molecule has 2 rings (SSSR count). The lowest BCUT2D eigenvalue weighted by Crippen LogP contribution is -2.49. The predicted molar refractivity (Wildman–Crippen MR) is 88.7 cm³/mol. The first-order valence-corrected chi connectivity index (χ1v) is 8.59. The van der Waals surface area contributed by atoms with Crippen molar-refractivity contribution in [1.82, 2.24) is 30.0 Å². The van der Waals surface area contributed by atoms with Crippen LogP contribution in [0.15, 0.2) is 0 Å². The summed E-state index contributed by atoms with van der Waals surface area (Å²) in [5.74, 6) is 1.50.